The summed E-state index contributed by atoms with van der Waals surface area (Å²) in [5.41, 5.74) is 0. The minimum atomic E-state index is 0.635. The van der Waals surface area contributed by atoms with E-state index in [4.69, 9.17) is 0 Å². The predicted molar refractivity (Wildman–Crippen MR) is 78.5 cm³/mol. The van der Waals surface area contributed by atoms with E-state index in [1.165, 1.54) is 57.8 Å². The van der Waals surface area contributed by atoms with Gasteiger partial charge in [0, 0.05) is 11.3 Å². The average molecular weight is 283 g/mol. The van der Waals surface area contributed by atoms with Crippen LogP contribution in [-0.2, 0) is 0 Å². The van der Waals surface area contributed by atoms with E-state index in [1.807, 2.05) is 11.8 Å². The predicted octanol–water partition coefficient (Wildman–Crippen LogP) is 4.32. The van der Waals surface area contributed by atoms with Crippen molar-refractivity contribution in [2.24, 2.45) is 0 Å². The molecule has 100 valence electrons. The van der Waals surface area contributed by atoms with Gasteiger partial charge < -0.3 is 5.32 Å². The van der Waals surface area contributed by atoms with Gasteiger partial charge >= 0.3 is 0 Å². The summed E-state index contributed by atoms with van der Waals surface area (Å²) in [6.45, 7) is 0. The Kier molecular flexibility index (Phi) is 4.41. The fourth-order valence-corrected chi connectivity index (χ4v) is 5.22. The molecule has 18 heavy (non-hydrogen) atoms. The van der Waals surface area contributed by atoms with Gasteiger partial charge in [-0.25, -0.2) is 0 Å². The molecule has 0 radical (unpaired) electrons. The molecule has 0 bridgehead atoms. The molecule has 2 aliphatic rings. The van der Waals surface area contributed by atoms with Crippen LogP contribution in [0.2, 0.25) is 0 Å². The van der Waals surface area contributed by atoms with Crippen LogP contribution >= 0.6 is 23.1 Å². The molecule has 2 saturated carbocycles. The molecule has 1 heterocycles. The molecule has 0 unspecified atom stereocenters. The van der Waals surface area contributed by atoms with Crippen LogP contribution < -0.4 is 5.32 Å². The second-order valence-corrected chi connectivity index (χ2v) is 7.90. The van der Waals surface area contributed by atoms with E-state index in [0.29, 0.717) is 6.04 Å². The summed E-state index contributed by atoms with van der Waals surface area (Å²) < 4.78 is 1.15. The Bertz CT molecular complexity index is 368. The number of nitrogens with zero attached hydrogens (tertiary/aromatic N) is 2. The molecule has 1 aromatic heterocycles. The van der Waals surface area contributed by atoms with E-state index in [2.05, 4.69) is 15.5 Å². The van der Waals surface area contributed by atoms with Gasteiger partial charge in [0.2, 0.25) is 5.13 Å². The number of aromatic nitrogens is 2. The first-order chi connectivity index (χ1) is 8.90. The third kappa shape index (κ3) is 3.38. The van der Waals surface area contributed by atoms with Crippen LogP contribution in [-0.4, -0.2) is 21.5 Å². The van der Waals surface area contributed by atoms with Crippen LogP contribution in [0.15, 0.2) is 4.34 Å². The lowest BCUT2D eigenvalue weighted by Crippen LogP contribution is -2.21. The van der Waals surface area contributed by atoms with E-state index in [-0.39, 0.29) is 0 Å². The molecule has 2 fully saturated rings. The zero-order valence-corrected chi connectivity index (χ0v) is 12.4. The number of hydrogen-bond acceptors (Lipinski definition) is 5. The highest BCUT2D eigenvalue weighted by Crippen LogP contribution is 2.37. The Morgan fingerprint density at radius 2 is 1.67 bits per heavy atom. The van der Waals surface area contributed by atoms with Crippen molar-refractivity contribution in [2.75, 3.05) is 5.32 Å². The lowest BCUT2D eigenvalue weighted by Gasteiger charge is -2.21. The number of anilines is 1. The summed E-state index contributed by atoms with van der Waals surface area (Å²) in [5.74, 6) is 0. The van der Waals surface area contributed by atoms with Crippen molar-refractivity contribution in [3.05, 3.63) is 0 Å². The van der Waals surface area contributed by atoms with Crippen LogP contribution in [0.5, 0.6) is 0 Å². The van der Waals surface area contributed by atoms with Gasteiger partial charge in [0.15, 0.2) is 4.34 Å². The molecule has 0 amide bonds. The Hall–Kier alpha value is -0.290. The van der Waals surface area contributed by atoms with Gasteiger partial charge in [-0.1, -0.05) is 55.2 Å². The molecular weight excluding hydrogens is 262 g/mol. The van der Waals surface area contributed by atoms with Gasteiger partial charge in [0.25, 0.3) is 0 Å². The van der Waals surface area contributed by atoms with Crippen LogP contribution in [0.4, 0.5) is 5.13 Å². The monoisotopic (exact) mass is 283 g/mol. The van der Waals surface area contributed by atoms with Gasteiger partial charge in [-0.05, 0) is 25.7 Å². The zero-order valence-electron chi connectivity index (χ0n) is 10.7. The van der Waals surface area contributed by atoms with Crippen molar-refractivity contribution < 1.29 is 0 Å². The summed E-state index contributed by atoms with van der Waals surface area (Å²) >= 11 is 3.68. The molecule has 0 spiro atoms. The Labute approximate surface area is 117 Å². The van der Waals surface area contributed by atoms with Crippen LogP contribution in [0.25, 0.3) is 0 Å². The highest BCUT2D eigenvalue weighted by atomic mass is 32.2. The number of rotatable bonds is 4. The minimum absolute atomic E-state index is 0.635. The first-order valence-electron chi connectivity index (χ1n) is 7.17. The summed E-state index contributed by atoms with van der Waals surface area (Å²) in [6, 6.07) is 0.635. The van der Waals surface area contributed by atoms with Crippen molar-refractivity contribution >= 4 is 28.2 Å². The third-order valence-corrected chi connectivity index (χ3v) is 6.18. The van der Waals surface area contributed by atoms with Crippen LogP contribution in [0.3, 0.4) is 0 Å². The molecule has 5 heteroatoms. The SMILES string of the molecule is C1CCC(Nc2nnc(SC3CCCC3)s2)CC1. The van der Waals surface area contributed by atoms with Crippen molar-refractivity contribution in [1.82, 2.24) is 10.2 Å². The molecule has 1 N–H and O–H groups in total. The fourth-order valence-electron chi connectivity index (χ4n) is 2.89. The van der Waals surface area contributed by atoms with Crippen molar-refractivity contribution in [1.29, 1.82) is 0 Å². The second kappa shape index (κ2) is 6.24. The molecule has 2 aliphatic carbocycles. The Morgan fingerprint density at radius 1 is 0.944 bits per heavy atom. The summed E-state index contributed by atoms with van der Waals surface area (Å²) in [5, 5.41) is 14.0. The fraction of sp³-hybridized carbons (Fsp3) is 0.846. The van der Waals surface area contributed by atoms with E-state index in [0.717, 1.165) is 14.7 Å². The maximum Gasteiger partial charge on any atom is 0.206 e. The largest absolute Gasteiger partial charge is 0.357 e. The first kappa shape index (κ1) is 12.7. The van der Waals surface area contributed by atoms with Gasteiger partial charge in [-0.2, -0.15) is 0 Å². The van der Waals surface area contributed by atoms with Crippen LogP contribution in [0, 0.1) is 0 Å². The van der Waals surface area contributed by atoms with Gasteiger partial charge in [0.1, 0.15) is 0 Å². The number of hydrogen-bond donors (Lipinski definition) is 1. The maximum absolute atomic E-state index is 4.31. The highest BCUT2D eigenvalue weighted by molar-refractivity contribution is 8.01. The third-order valence-electron chi connectivity index (χ3n) is 3.91. The summed E-state index contributed by atoms with van der Waals surface area (Å²) in [7, 11) is 0. The van der Waals surface area contributed by atoms with Crippen LogP contribution in [0.1, 0.15) is 57.8 Å². The van der Waals surface area contributed by atoms with Gasteiger partial charge in [0.05, 0.1) is 0 Å². The topological polar surface area (TPSA) is 37.8 Å². The average Bonchev–Trinajstić information content (AvgIpc) is 3.03. The molecule has 0 aliphatic heterocycles. The standard InChI is InChI=1S/C13H21N3S2/c1-2-6-10(7-3-1)14-12-15-16-13(18-12)17-11-8-4-5-9-11/h10-11H,1-9H2,(H,14,15). The van der Waals surface area contributed by atoms with Gasteiger partial charge in [-0.15, -0.1) is 10.2 Å². The minimum Gasteiger partial charge on any atom is -0.357 e. The lowest BCUT2D eigenvalue weighted by atomic mass is 9.96. The van der Waals surface area contributed by atoms with E-state index >= 15 is 0 Å². The first-order valence-corrected chi connectivity index (χ1v) is 8.86. The molecule has 1 aromatic rings. The normalized spacial score (nSPS) is 22.4. The molecule has 3 nitrogen and oxygen atoms in total. The Balaban J connectivity index is 1.52. The highest BCUT2D eigenvalue weighted by Gasteiger charge is 2.19. The van der Waals surface area contributed by atoms with E-state index in [9.17, 15) is 0 Å². The summed E-state index contributed by atoms with van der Waals surface area (Å²) in [6.07, 6.45) is 12.2. The quantitative estimate of drug-likeness (QED) is 0.893. The van der Waals surface area contributed by atoms with Crippen molar-refractivity contribution in [3.8, 4) is 0 Å². The molecule has 0 saturated heterocycles. The molecule has 0 atom stereocenters. The van der Waals surface area contributed by atoms with Crippen molar-refractivity contribution in [2.45, 2.75) is 73.4 Å². The smallest absolute Gasteiger partial charge is 0.206 e. The van der Waals surface area contributed by atoms with E-state index < -0.39 is 0 Å². The molecular formula is C13H21N3S2. The molecule has 0 aromatic carbocycles. The Morgan fingerprint density at radius 3 is 2.44 bits per heavy atom. The maximum atomic E-state index is 4.31. The molecule has 3 rings (SSSR count). The number of thioether (sulfide) groups is 1. The van der Waals surface area contributed by atoms with Crippen molar-refractivity contribution in [3.63, 3.8) is 0 Å². The van der Waals surface area contributed by atoms with E-state index in [1.54, 1.807) is 11.3 Å². The summed E-state index contributed by atoms with van der Waals surface area (Å²) in [4.78, 5) is 0. The second-order valence-electron chi connectivity index (χ2n) is 5.38. The number of nitrogens with one attached hydrogen (secondary N) is 1. The lowest BCUT2D eigenvalue weighted by molar-refractivity contribution is 0.462. The zero-order chi connectivity index (χ0) is 12.2. The van der Waals surface area contributed by atoms with Gasteiger partial charge in [-0.3, -0.25) is 0 Å².